The number of nitrogens with one attached hydrogen (secondary N) is 2. The van der Waals surface area contributed by atoms with E-state index in [2.05, 4.69) is 34.6 Å². The van der Waals surface area contributed by atoms with E-state index in [0.717, 1.165) is 37.8 Å². The van der Waals surface area contributed by atoms with Crippen LogP contribution in [0.3, 0.4) is 0 Å². The molecule has 0 radical (unpaired) electrons. The van der Waals surface area contributed by atoms with Gasteiger partial charge in [0, 0.05) is 23.8 Å². The first kappa shape index (κ1) is 12.8. The number of aromatic nitrogens is 1. The van der Waals surface area contributed by atoms with Crippen LogP contribution in [0.15, 0.2) is 41.2 Å². The molecule has 0 aliphatic heterocycles. The van der Waals surface area contributed by atoms with Crippen LogP contribution in [0.4, 0.5) is 0 Å². The molecule has 0 bridgehead atoms. The maximum Gasteiger partial charge on any atom is 0.248 e. The number of fused-ring (bicyclic) bond motifs is 2. The van der Waals surface area contributed by atoms with Crippen molar-refractivity contribution in [1.82, 2.24) is 10.3 Å². The number of rotatable bonds is 2. The normalized spacial score (nSPS) is 21.0. The molecule has 0 saturated carbocycles. The highest BCUT2D eigenvalue weighted by Gasteiger charge is 2.27. The third-order valence-electron chi connectivity index (χ3n) is 4.82. The molecule has 0 spiro atoms. The van der Waals surface area contributed by atoms with Gasteiger partial charge >= 0.3 is 0 Å². The molecule has 1 unspecified atom stereocenters. The molecule has 0 fully saturated rings. The molecule has 2 aromatic rings. The Hall–Kier alpha value is -1.87. The Morgan fingerprint density at radius 3 is 2.57 bits per heavy atom. The van der Waals surface area contributed by atoms with Gasteiger partial charge in [0.2, 0.25) is 5.56 Å². The number of pyridine rings is 1. The van der Waals surface area contributed by atoms with Crippen molar-refractivity contribution in [2.75, 3.05) is 0 Å². The fourth-order valence-corrected chi connectivity index (χ4v) is 3.83. The number of benzene rings is 1. The van der Waals surface area contributed by atoms with Crippen molar-refractivity contribution in [1.29, 1.82) is 0 Å². The highest BCUT2D eigenvalue weighted by Crippen LogP contribution is 2.30. The second-order valence-corrected chi connectivity index (χ2v) is 6.24. The van der Waals surface area contributed by atoms with Crippen molar-refractivity contribution in [2.24, 2.45) is 0 Å². The smallest absolute Gasteiger partial charge is 0.248 e. The van der Waals surface area contributed by atoms with Crippen molar-refractivity contribution < 1.29 is 0 Å². The minimum atomic E-state index is 0.0164. The average Bonchev–Trinajstić information content (AvgIpc) is 2.89. The molecule has 2 aliphatic rings. The predicted molar refractivity (Wildman–Crippen MR) is 83.5 cm³/mol. The minimum absolute atomic E-state index is 0.0164. The van der Waals surface area contributed by atoms with Crippen LogP contribution in [0.5, 0.6) is 0 Å². The Bertz CT molecular complexity index is 694. The molecular weight excluding hydrogens is 260 g/mol. The van der Waals surface area contributed by atoms with Gasteiger partial charge in [-0.1, -0.05) is 30.3 Å². The van der Waals surface area contributed by atoms with Crippen LogP contribution in [0.25, 0.3) is 0 Å². The fourth-order valence-electron chi connectivity index (χ4n) is 3.83. The van der Waals surface area contributed by atoms with Gasteiger partial charge in [-0.05, 0) is 48.8 Å². The van der Waals surface area contributed by atoms with E-state index in [9.17, 15) is 4.79 Å². The lowest BCUT2D eigenvalue weighted by molar-refractivity contribution is 0.397. The van der Waals surface area contributed by atoms with Crippen LogP contribution in [0.2, 0.25) is 0 Å². The lowest BCUT2D eigenvalue weighted by atomic mass is 9.90. The largest absolute Gasteiger partial charge is 0.326 e. The second-order valence-electron chi connectivity index (χ2n) is 6.24. The summed E-state index contributed by atoms with van der Waals surface area (Å²) in [6.07, 6.45) is 5.53. The molecule has 4 rings (SSSR count). The van der Waals surface area contributed by atoms with Gasteiger partial charge in [-0.25, -0.2) is 0 Å². The molecule has 0 amide bonds. The maximum atomic E-state index is 11.5. The molecule has 21 heavy (non-hydrogen) atoms. The lowest BCUT2D eigenvalue weighted by Gasteiger charge is -2.28. The summed E-state index contributed by atoms with van der Waals surface area (Å²) >= 11 is 0. The monoisotopic (exact) mass is 280 g/mol. The molecule has 3 heteroatoms. The van der Waals surface area contributed by atoms with Crippen LogP contribution in [-0.2, 0) is 19.3 Å². The third-order valence-corrected chi connectivity index (χ3v) is 4.82. The minimum Gasteiger partial charge on any atom is -0.326 e. The summed E-state index contributed by atoms with van der Waals surface area (Å²) in [6, 6.07) is 13.3. The van der Waals surface area contributed by atoms with E-state index in [1.807, 2.05) is 6.07 Å². The summed E-state index contributed by atoms with van der Waals surface area (Å²) in [4.78, 5) is 14.5. The number of hydrogen-bond donors (Lipinski definition) is 2. The van der Waals surface area contributed by atoms with Crippen molar-refractivity contribution >= 4 is 0 Å². The molecule has 1 aromatic carbocycles. The standard InChI is InChI=1S/C18H20N2O/c21-18-9-8-15-16(6-3-7-17(15)20-18)19-14-10-12-4-1-2-5-13(12)11-14/h1-2,4-5,8-9,14,16,19H,3,6-7,10-11H2,(H,20,21). The van der Waals surface area contributed by atoms with Gasteiger partial charge in [-0.3, -0.25) is 4.79 Å². The van der Waals surface area contributed by atoms with E-state index in [0.29, 0.717) is 12.1 Å². The predicted octanol–water partition coefficient (Wildman–Crippen LogP) is 2.51. The Balaban J connectivity index is 1.54. The summed E-state index contributed by atoms with van der Waals surface area (Å²) in [5.41, 5.74) is 5.39. The second kappa shape index (κ2) is 5.15. The van der Waals surface area contributed by atoms with Gasteiger partial charge < -0.3 is 10.3 Å². The third kappa shape index (κ3) is 2.42. The van der Waals surface area contributed by atoms with Gasteiger partial charge in [0.05, 0.1) is 0 Å². The van der Waals surface area contributed by atoms with E-state index >= 15 is 0 Å². The highest BCUT2D eigenvalue weighted by atomic mass is 16.1. The van der Waals surface area contributed by atoms with Crippen LogP contribution in [0, 0.1) is 0 Å². The van der Waals surface area contributed by atoms with E-state index in [1.165, 1.54) is 16.7 Å². The molecule has 0 saturated heterocycles. The first-order chi connectivity index (χ1) is 10.3. The Morgan fingerprint density at radius 2 is 1.81 bits per heavy atom. The summed E-state index contributed by atoms with van der Waals surface area (Å²) < 4.78 is 0. The highest BCUT2D eigenvalue weighted by molar-refractivity contribution is 5.34. The van der Waals surface area contributed by atoms with Crippen LogP contribution < -0.4 is 10.9 Å². The van der Waals surface area contributed by atoms with Crippen molar-refractivity contribution in [3.05, 3.63) is 69.1 Å². The molecule has 1 aromatic heterocycles. The zero-order valence-electron chi connectivity index (χ0n) is 12.1. The quantitative estimate of drug-likeness (QED) is 0.888. The van der Waals surface area contributed by atoms with Crippen LogP contribution in [-0.4, -0.2) is 11.0 Å². The molecule has 2 N–H and O–H groups in total. The van der Waals surface area contributed by atoms with Gasteiger partial charge in [-0.15, -0.1) is 0 Å². The van der Waals surface area contributed by atoms with Crippen molar-refractivity contribution in [2.45, 2.75) is 44.2 Å². The van der Waals surface area contributed by atoms with Crippen LogP contribution in [0.1, 0.15) is 41.3 Å². The first-order valence-electron chi connectivity index (χ1n) is 7.84. The topological polar surface area (TPSA) is 44.9 Å². The van der Waals surface area contributed by atoms with E-state index in [-0.39, 0.29) is 5.56 Å². The summed E-state index contributed by atoms with van der Waals surface area (Å²) in [7, 11) is 0. The summed E-state index contributed by atoms with van der Waals surface area (Å²) in [5.74, 6) is 0. The Labute approximate surface area is 124 Å². The molecule has 108 valence electrons. The molecule has 2 aliphatic carbocycles. The molecule has 1 heterocycles. The SMILES string of the molecule is O=c1ccc2c([nH]1)CCCC2NC1Cc2ccccc2C1. The molecular formula is C18H20N2O. The number of aryl methyl sites for hydroxylation is 1. The lowest BCUT2D eigenvalue weighted by Crippen LogP contribution is -2.36. The average molecular weight is 280 g/mol. The van der Waals surface area contributed by atoms with Crippen molar-refractivity contribution in [3.63, 3.8) is 0 Å². The van der Waals surface area contributed by atoms with E-state index < -0.39 is 0 Å². The number of H-pyrrole nitrogens is 1. The van der Waals surface area contributed by atoms with Gasteiger partial charge in [-0.2, -0.15) is 0 Å². The van der Waals surface area contributed by atoms with Crippen LogP contribution >= 0.6 is 0 Å². The fraction of sp³-hybridized carbons (Fsp3) is 0.389. The van der Waals surface area contributed by atoms with Gasteiger partial charge in [0.1, 0.15) is 0 Å². The molecule has 1 atom stereocenters. The summed E-state index contributed by atoms with van der Waals surface area (Å²) in [6.45, 7) is 0. The zero-order valence-corrected chi connectivity index (χ0v) is 12.1. The number of hydrogen-bond acceptors (Lipinski definition) is 2. The van der Waals surface area contributed by atoms with Crippen molar-refractivity contribution in [3.8, 4) is 0 Å². The van der Waals surface area contributed by atoms with Gasteiger partial charge in [0.25, 0.3) is 0 Å². The zero-order chi connectivity index (χ0) is 14.2. The van der Waals surface area contributed by atoms with E-state index in [1.54, 1.807) is 6.07 Å². The first-order valence-corrected chi connectivity index (χ1v) is 7.84. The molecule has 3 nitrogen and oxygen atoms in total. The Morgan fingerprint density at radius 1 is 1.05 bits per heavy atom. The van der Waals surface area contributed by atoms with Gasteiger partial charge in [0.15, 0.2) is 0 Å². The number of aromatic amines is 1. The summed E-state index contributed by atoms with van der Waals surface area (Å²) in [5, 5.41) is 3.82. The maximum absolute atomic E-state index is 11.5. The Kier molecular flexibility index (Phi) is 3.15. The van der Waals surface area contributed by atoms with E-state index in [4.69, 9.17) is 0 Å².